The molecule has 4 rings (SSSR count). The van der Waals surface area contributed by atoms with Gasteiger partial charge < -0.3 is 20.1 Å². The molecule has 7 nitrogen and oxygen atoms in total. The average Bonchev–Trinajstić information content (AvgIpc) is 3.05. The Bertz CT molecular complexity index is 1540. The van der Waals surface area contributed by atoms with Crippen molar-refractivity contribution >= 4 is 18.0 Å². The Morgan fingerprint density at radius 3 is 2.02 bits per heavy atom. The number of alkyl carbamates (subject to hydrolysis) is 1. The SMILES string of the molecule is COC(=O)c1ccc(C(NC(=O)OCc2ccccc2)/C(F)=C/[C@@H](C)C(=O)NCc2ccc(-c3ccccc3)cc2)cc1. The highest BCUT2D eigenvalue weighted by Gasteiger charge is 2.23. The summed E-state index contributed by atoms with van der Waals surface area (Å²) < 4.78 is 25.7. The molecule has 0 saturated heterocycles. The summed E-state index contributed by atoms with van der Waals surface area (Å²) in [4.78, 5) is 37.3. The Morgan fingerprint density at radius 1 is 0.791 bits per heavy atom. The first-order chi connectivity index (χ1) is 20.8. The second-order valence-corrected chi connectivity index (χ2v) is 9.87. The minimum absolute atomic E-state index is 0.00284. The summed E-state index contributed by atoms with van der Waals surface area (Å²) >= 11 is 0. The van der Waals surface area contributed by atoms with Crippen LogP contribution in [0.4, 0.5) is 9.18 Å². The molecule has 0 aliphatic rings. The standard InChI is InChI=1S/C35H33FN2O5/c1-24(33(39)37-22-25-13-15-28(16-14-25)27-11-7-4-8-12-27)21-31(36)32(29-17-19-30(20-18-29)34(40)42-2)38-35(41)43-23-26-9-5-3-6-10-26/h3-21,24,32H,22-23H2,1-2H3,(H,37,39)(H,38,41)/b31-21-/t24-,32?/m1/s1. The van der Waals surface area contributed by atoms with Gasteiger partial charge in [-0.1, -0.05) is 97.1 Å². The predicted octanol–water partition coefficient (Wildman–Crippen LogP) is 6.91. The van der Waals surface area contributed by atoms with E-state index in [2.05, 4.69) is 10.6 Å². The fourth-order valence-corrected chi connectivity index (χ4v) is 4.33. The van der Waals surface area contributed by atoms with Crippen molar-refractivity contribution in [2.45, 2.75) is 26.1 Å². The normalized spacial score (nSPS) is 12.5. The van der Waals surface area contributed by atoms with Crippen LogP contribution >= 0.6 is 0 Å². The zero-order valence-electron chi connectivity index (χ0n) is 24.0. The zero-order chi connectivity index (χ0) is 30.6. The number of esters is 1. The van der Waals surface area contributed by atoms with E-state index in [0.717, 1.165) is 28.3 Å². The van der Waals surface area contributed by atoms with E-state index in [-0.39, 0.29) is 24.6 Å². The first kappa shape index (κ1) is 30.7. The van der Waals surface area contributed by atoms with Crippen LogP contribution in [0.2, 0.25) is 0 Å². The third-order valence-electron chi connectivity index (χ3n) is 6.77. The van der Waals surface area contributed by atoms with Crippen molar-refractivity contribution in [1.82, 2.24) is 10.6 Å². The van der Waals surface area contributed by atoms with Crippen LogP contribution in [-0.4, -0.2) is 25.1 Å². The summed E-state index contributed by atoms with van der Waals surface area (Å²) in [6.07, 6.45) is 0.315. The second kappa shape index (κ2) is 15.1. The van der Waals surface area contributed by atoms with Crippen molar-refractivity contribution in [2.24, 2.45) is 5.92 Å². The highest BCUT2D eigenvalue weighted by Crippen LogP contribution is 2.26. The molecule has 43 heavy (non-hydrogen) atoms. The van der Waals surface area contributed by atoms with Gasteiger partial charge in [-0.05, 0) is 52.9 Å². The second-order valence-electron chi connectivity index (χ2n) is 9.87. The van der Waals surface area contributed by atoms with Gasteiger partial charge in [-0.3, -0.25) is 4.79 Å². The van der Waals surface area contributed by atoms with Crippen molar-refractivity contribution in [3.63, 3.8) is 0 Å². The predicted molar refractivity (Wildman–Crippen MR) is 162 cm³/mol. The van der Waals surface area contributed by atoms with Crippen molar-refractivity contribution < 1.29 is 28.2 Å². The topological polar surface area (TPSA) is 93.7 Å². The fourth-order valence-electron chi connectivity index (χ4n) is 4.33. The number of halogens is 1. The van der Waals surface area contributed by atoms with Gasteiger partial charge in [0.1, 0.15) is 18.5 Å². The summed E-state index contributed by atoms with van der Waals surface area (Å²) in [6.45, 7) is 1.84. The smallest absolute Gasteiger partial charge is 0.408 e. The maximum atomic E-state index is 15.7. The number of amides is 2. The van der Waals surface area contributed by atoms with Gasteiger partial charge in [0.25, 0.3) is 0 Å². The molecule has 0 aliphatic heterocycles. The number of methoxy groups -OCH3 is 1. The number of nitrogens with one attached hydrogen (secondary N) is 2. The molecule has 0 radical (unpaired) electrons. The van der Waals surface area contributed by atoms with E-state index < -0.39 is 29.8 Å². The van der Waals surface area contributed by atoms with Crippen LogP contribution in [-0.2, 0) is 27.4 Å². The van der Waals surface area contributed by atoms with Crippen LogP contribution in [0.3, 0.4) is 0 Å². The van der Waals surface area contributed by atoms with E-state index in [4.69, 9.17) is 9.47 Å². The van der Waals surface area contributed by atoms with Crippen LogP contribution in [0.5, 0.6) is 0 Å². The maximum absolute atomic E-state index is 15.7. The van der Waals surface area contributed by atoms with Crippen molar-refractivity contribution in [2.75, 3.05) is 7.11 Å². The van der Waals surface area contributed by atoms with Gasteiger partial charge in [0.15, 0.2) is 0 Å². The van der Waals surface area contributed by atoms with E-state index in [9.17, 15) is 14.4 Å². The number of benzene rings is 4. The lowest BCUT2D eigenvalue weighted by Gasteiger charge is -2.19. The number of carbonyl (C=O) groups excluding carboxylic acids is 3. The summed E-state index contributed by atoms with van der Waals surface area (Å²) in [5.41, 5.74) is 4.45. The molecule has 0 aliphatic carbocycles. The molecule has 0 heterocycles. The summed E-state index contributed by atoms with van der Waals surface area (Å²) in [5.74, 6) is -2.53. The highest BCUT2D eigenvalue weighted by atomic mass is 19.1. The molecule has 2 amide bonds. The van der Waals surface area contributed by atoms with Gasteiger partial charge in [0.2, 0.25) is 5.91 Å². The lowest BCUT2D eigenvalue weighted by Crippen LogP contribution is -2.31. The molecule has 0 fully saturated rings. The van der Waals surface area contributed by atoms with Crippen LogP contribution in [0, 0.1) is 5.92 Å². The monoisotopic (exact) mass is 580 g/mol. The molecule has 2 N–H and O–H groups in total. The number of ether oxygens (including phenoxy) is 2. The number of hydrogen-bond donors (Lipinski definition) is 2. The summed E-state index contributed by atoms with van der Waals surface area (Å²) in [5, 5.41) is 5.37. The highest BCUT2D eigenvalue weighted by molar-refractivity contribution is 5.89. The quantitative estimate of drug-likeness (QED) is 0.188. The molecule has 2 atom stereocenters. The van der Waals surface area contributed by atoms with E-state index in [0.29, 0.717) is 5.56 Å². The summed E-state index contributed by atoms with van der Waals surface area (Å²) in [7, 11) is 1.26. The minimum Gasteiger partial charge on any atom is -0.465 e. The molecule has 4 aromatic rings. The molecule has 4 aromatic carbocycles. The average molecular weight is 581 g/mol. The minimum atomic E-state index is -1.25. The first-order valence-corrected chi connectivity index (χ1v) is 13.8. The largest absolute Gasteiger partial charge is 0.465 e. The van der Waals surface area contributed by atoms with Gasteiger partial charge in [-0.2, -0.15) is 0 Å². The Labute approximate surface area is 250 Å². The van der Waals surface area contributed by atoms with Gasteiger partial charge in [0, 0.05) is 6.54 Å². The zero-order valence-corrected chi connectivity index (χ0v) is 24.0. The van der Waals surface area contributed by atoms with Gasteiger partial charge in [-0.15, -0.1) is 0 Å². The Kier molecular flexibility index (Phi) is 10.8. The van der Waals surface area contributed by atoms with E-state index >= 15 is 4.39 Å². The van der Waals surface area contributed by atoms with Crippen LogP contribution in [0.15, 0.2) is 121 Å². The number of rotatable bonds is 11. The third-order valence-corrected chi connectivity index (χ3v) is 6.77. The molecular formula is C35H33FN2O5. The molecule has 1 unspecified atom stereocenters. The fraction of sp³-hybridized carbons (Fsp3) is 0.171. The van der Waals surface area contributed by atoms with Crippen molar-refractivity contribution in [3.8, 4) is 11.1 Å². The lowest BCUT2D eigenvalue weighted by molar-refractivity contribution is -0.123. The van der Waals surface area contributed by atoms with Gasteiger partial charge in [0.05, 0.1) is 18.6 Å². The van der Waals surface area contributed by atoms with E-state index in [1.165, 1.54) is 31.4 Å². The molecule has 0 bridgehead atoms. The van der Waals surface area contributed by atoms with Gasteiger partial charge in [-0.25, -0.2) is 14.0 Å². The van der Waals surface area contributed by atoms with Crippen molar-refractivity contribution in [3.05, 3.63) is 143 Å². The molecule has 0 spiro atoms. The molecule has 220 valence electrons. The maximum Gasteiger partial charge on any atom is 0.408 e. The lowest BCUT2D eigenvalue weighted by atomic mass is 10.0. The van der Waals surface area contributed by atoms with Crippen LogP contribution in [0.25, 0.3) is 11.1 Å². The van der Waals surface area contributed by atoms with Gasteiger partial charge >= 0.3 is 12.1 Å². The number of carbonyl (C=O) groups is 3. The Hall–Kier alpha value is -5.24. The molecular weight excluding hydrogens is 547 g/mol. The van der Waals surface area contributed by atoms with Crippen LogP contribution in [0.1, 0.15) is 40.0 Å². The number of hydrogen-bond acceptors (Lipinski definition) is 5. The Morgan fingerprint density at radius 2 is 1.40 bits per heavy atom. The molecule has 0 saturated carbocycles. The molecule has 8 heteroatoms. The van der Waals surface area contributed by atoms with E-state index in [1.807, 2.05) is 72.8 Å². The Balaban J connectivity index is 1.42. The van der Waals surface area contributed by atoms with Crippen LogP contribution < -0.4 is 10.6 Å². The van der Waals surface area contributed by atoms with Crippen molar-refractivity contribution in [1.29, 1.82) is 0 Å². The first-order valence-electron chi connectivity index (χ1n) is 13.8. The summed E-state index contributed by atoms with van der Waals surface area (Å²) in [6, 6.07) is 31.6. The van der Waals surface area contributed by atoms with E-state index in [1.54, 1.807) is 19.1 Å². The molecule has 0 aromatic heterocycles. The third kappa shape index (κ3) is 8.87.